The van der Waals surface area contributed by atoms with E-state index in [9.17, 15) is 0 Å². The van der Waals surface area contributed by atoms with Crippen molar-refractivity contribution in [1.82, 2.24) is 10.2 Å². The van der Waals surface area contributed by atoms with Crippen molar-refractivity contribution in [3.63, 3.8) is 0 Å². The number of aliphatic imine (C=N–C) groups is 1. The van der Waals surface area contributed by atoms with E-state index in [-0.39, 0.29) is 24.0 Å². The Balaban J connectivity index is 0.00000288. The van der Waals surface area contributed by atoms with E-state index in [2.05, 4.69) is 34.4 Å². The molecular formula is C18H30IN3O2. The summed E-state index contributed by atoms with van der Waals surface area (Å²) in [5.74, 6) is 2.49. The second-order valence-electron chi connectivity index (χ2n) is 6.04. The Morgan fingerprint density at radius 1 is 1.38 bits per heavy atom. The van der Waals surface area contributed by atoms with Crippen LogP contribution in [-0.4, -0.2) is 58.4 Å². The average molecular weight is 447 g/mol. The zero-order valence-corrected chi connectivity index (χ0v) is 17.3. The van der Waals surface area contributed by atoms with Gasteiger partial charge >= 0.3 is 0 Å². The zero-order chi connectivity index (χ0) is 16.5. The largest absolute Gasteiger partial charge is 0.497 e. The van der Waals surface area contributed by atoms with E-state index in [1.807, 2.05) is 19.2 Å². The Labute approximate surface area is 162 Å². The van der Waals surface area contributed by atoms with Crippen LogP contribution in [0, 0.1) is 5.92 Å². The van der Waals surface area contributed by atoms with Crippen molar-refractivity contribution < 1.29 is 9.47 Å². The first-order valence-corrected chi connectivity index (χ1v) is 8.35. The molecule has 0 spiro atoms. The average Bonchev–Trinajstić information content (AvgIpc) is 3.08. The SMILES string of the molecule is CN=C(NCCCc1ccc(OC)cc1)N(C)CC1CCOC1.I. The number of hydrogen-bond donors (Lipinski definition) is 1. The molecule has 0 bridgehead atoms. The number of halogens is 1. The molecule has 6 heteroatoms. The zero-order valence-electron chi connectivity index (χ0n) is 15.0. The van der Waals surface area contributed by atoms with E-state index in [1.165, 1.54) is 5.56 Å². The van der Waals surface area contributed by atoms with Crippen LogP contribution in [0.15, 0.2) is 29.3 Å². The van der Waals surface area contributed by atoms with Gasteiger partial charge in [-0.05, 0) is 37.0 Å². The van der Waals surface area contributed by atoms with Crippen molar-refractivity contribution in [1.29, 1.82) is 0 Å². The molecular weight excluding hydrogens is 417 g/mol. The minimum Gasteiger partial charge on any atom is -0.497 e. The molecule has 0 aromatic heterocycles. The number of ether oxygens (including phenoxy) is 2. The topological polar surface area (TPSA) is 46.1 Å². The summed E-state index contributed by atoms with van der Waals surface area (Å²) >= 11 is 0. The molecule has 2 rings (SSSR count). The predicted molar refractivity (Wildman–Crippen MR) is 110 cm³/mol. The van der Waals surface area contributed by atoms with Gasteiger partial charge in [-0.3, -0.25) is 4.99 Å². The highest BCUT2D eigenvalue weighted by Gasteiger charge is 2.18. The Kier molecular flexibility index (Phi) is 10.1. The van der Waals surface area contributed by atoms with E-state index in [4.69, 9.17) is 9.47 Å². The Hall–Kier alpha value is -1.02. The van der Waals surface area contributed by atoms with Crippen LogP contribution in [-0.2, 0) is 11.2 Å². The van der Waals surface area contributed by atoms with Gasteiger partial charge < -0.3 is 19.7 Å². The van der Waals surface area contributed by atoms with Crippen LogP contribution in [0.25, 0.3) is 0 Å². The van der Waals surface area contributed by atoms with E-state index in [0.717, 1.165) is 57.3 Å². The molecule has 1 N–H and O–H groups in total. The lowest BCUT2D eigenvalue weighted by atomic mass is 10.1. The number of aryl methyl sites for hydroxylation is 1. The van der Waals surface area contributed by atoms with Crippen LogP contribution >= 0.6 is 24.0 Å². The summed E-state index contributed by atoms with van der Waals surface area (Å²) in [6, 6.07) is 8.28. The van der Waals surface area contributed by atoms with Crippen molar-refractivity contribution in [2.24, 2.45) is 10.9 Å². The molecule has 1 aromatic rings. The molecule has 1 unspecified atom stereocenters. The summed E-state index contributed by atoms with van der Waals surface area (Å²) in [5.41, 5.74) is 1.33. The fourth-order valence-corrected chi connectivity index (χ4v) is 2.87. The number of nitrogens with zero attached hydrogens (tertiary/aromatic N) is 2. The molecule has 1 fully saturated rings. The molecule has 136 valence electrons. The first-order chi connectivity index (χ1) is 11.2. The van der Waals surface area contributed by atoms with E-state index >= 15 is 0 Å². The van der Waals surface area contributed by atoms with Crippen LogP contribution in [0.1, 0.15) is 18.4 Å². The molecule has 1 aliphatic heterocycles. The molecule has 0 aliphatic carbocycles. The highest BCUT2D eigenvalue weighted by Crippen LogP contribution is 2.14. The summed E-state index contributed by atoms with van der Waals surface area (Å²) in [6.45, 7) is 3.69. The third kappa shape index (κ3) is 6.84. The van der Waals surface area contributed by atoms with Gasteiger partial charge in [0, 0.05) is 39.7 Å². The van der Waals surface area contributed by atoms with Crippen molar-refractivity contribution in [2.45, 2.75) is 19.3 Å². The minimum absolute atomic E-state index is 0. The fourth-order valence-electron chi connectivity index (χ4n) is 2.87. The highest BCUT2D eigenvalue weighted by atomic mass is 127. The number of guanidine groups is 1. The Bertz CT molecular complexity index is 488. The monoisotopic (exact) mass is 447 g/mol. The van der Waals surface area contributed by atoms with Crippen LogP contribution in [0.5, 0.6) is 5.75 Å². The van der Waals surface area contributed by atoms with Gasteiger partial charge in [0.05, 0.1) is 13.7 Å². The molecule has 5 nitrogen and oxygen atoms in total. The standard InChI is InChI=1S/C18H29N3O2.HI/c1-19-18(21(2)13-16-10-12-23-14-16)20-11-4-5-15-6-8-17(22-3)9-7-15;/h6-9,16H,4-5,10-14H2,1-3H3,(H,19,20);1H. The number of nitrogens with one attached hydrogen (secondary N) is 1. The van der Waals surface area contributed by atoms with Gasteiger partial charge in [-0.25, -0.2) is 0 Å². The van der Waals surface area contributed by atoms with E-state index < -0.39 is 0 Å². The molecule has 0 radical (unpaired) electrons. The maximum Gasteiger partial charge on any atom is 0.193 e. The summed E-state index contributed by atoms with van der Waals surface area (Å²) in [4.78, 5) is 6.57. The maximum absolute atomic E-state index is 5.44. The quantitative estimate of drug-likeness (QED) is 0.302. The minimum atomic E-state index is 0. The number of hydrogen-bond acceptors (Lipinski definition) is 3. The molecule has 1 saturated heterocycles. The highest BCUT2D eigenvalue weighted by molar-refractivity contribution is 14.0. The molecule has 1 heterocycles. The second kappa shape index (κ2) is 11.5. The Morgan fingerprint density at radius 3 is 2.71 bits per heavy atom. The summed E-state index contributed by atoms with van der Waals surface area (Å²) < 4.78 is 10.6. The van der Waals surface area contributed by atoms with Crippen LogP contribution in [0.2, 0.25) is 0 Å². The molecule has 1 aliphatic rings. The third-order valence-corrected chi connectivity index (χ3v) is 4.21. The summed E-state index contributed by atoms with van der Waals surface area (Å²) in [6.07, 6.45) is 3.28. The summed E-state index contributed by atoms with van der Waals surface area (Å²) in [7, 11) is 5.63. The first kappa shape index (κ1) is 21.0. The first-order valence-electron chi connectivity index (χ1n) is 8.35. The molecule has 1 aromatic carbocycles. The van der Waals surface area contributed by atoms with Gasteiger partial charge in [-0.15, -0.1) is 24.0 Å². The molecule has 0 amide bonds. The van der Waals surface area contributed by atoms with Crippen molar-refractivity contribution in [2.75, 3.05) is 47.5 Å². The van der Waals surface area contributed by atoms with Crippen molar-refractivity contribution in [3.05, 3.63) is 29.8 Å². The lowest BCUT2D eigenvalue weighted by molar-refractivity contribution is 0.181. The Morgan fingerprint density at radius 2 is 2.12 bits per heavy atom. The van der Waals surface area contributed by atoms with Gasteiger partial charge in [0.15, 0.2) is 5.96 Å². The third-order valence-electron chi connectivity index (χ3n) is 4.21. The lowest BCUT2D eigenvalue weighted by Gasteiger charge is -2.24. The molecule has 1 atom stereocenters. The summed E-state index contributed by atoms with van der Waals surface area (Å²) in [5, 5.41) is 3.45. The van der Waals surface area contributed by atoms with Gasteiger partial charge in [0.1, 0.15) is 5.75 Å². The molecule has 0 saturated carbocycles. The number of methoxy groups -OCH3 is 1. The normalized spacial score (nSPS) is 17.3. The van der Waals surface area contributed by atoms with Gasteiger partial charge in [0.2, 0.25) is 0 Å². The maximum atomic E-state index is 5.44. The fraction of sp³-hybridized carbons (Fsp3) is 0.611. The van der Waals surface area contributed by atoms with Crippen molar-refractivity contribution >= 4 is 29.9 Å². The van der Waals surface area contributed by atoms with Crippen LogP contribution in [0.4, 0.5) is 0 Å². The smallest absolute Gasteiger partial charge is 0.193 e. The van der Waals surface area contributed by atoms with Gasteiger partial charge in [0.25, 0.3) is 0 Å². The number of benzene rings is 1. The van der Waals surface area contributed by atoms with Crippen molar-refractivity contribution in [3.8, 4) is 5.75 Å². The van der Waals surface area contributed by atoms with Crippen LogP contribution < -0.4 is 10.1 Å². The second-order valence-corrected chi connectivity index (χ2v) is 6.04. The van der Waals surface area contributed by atoms with Gasteiger partial charge in [-0.2, -0.15) is 0 Å². The van der Waals surface area contributed by atoms with Gasteiger partial charge in [-0.1, -0.05) is 12.1 Å². The predicted octanol–water partition coefficient (Wildman–Crippen LogP) is 2.79. The van der Waals surface area contributed by atoms with E-state index in [0.29, 0.717) is 5.92 Å². The van der Waals surface area contributed by atoms with Crippen LogP contribution in [0.3, 0.4) is 0 Å². The molecule has 24 heavy (non-hydrogen) atoms. The van der Waals surface area contributed by atoms with E-state index in [1.54, 1.807) is 7.11 Å². The lowest BCUT2D eigenvalue weighted by Crippen LogP contribution is -2.41. The number of rotatable bonds is 7.